The summed E-state index contributed by atoms with van der Waals surface area (Å²) < 4.78 is 84.9. The molecule has 1 fully saturated rings. The SMILES string of the molecule is CN(Cc1cc(C(F)(F)F)cc(C(F)(F)F)c1)C(=O)N1CC[C@@H](OC(=O)NCCO)C[C@@H]1c1ccccc1. The molecule has 7 nitrogen and oxygen atoms in total. The molecule has 2 N–H and O–H groups in total. The predicted octanol–water partition coefficient (Wildman–Crippen LogP) is 5.20. The maximum absolute atomic E-state index is 13.4. The van der Waals surface area contributed by atoms with Crippen molar-refractivity contribution in [3.8, 4) is 0 Å². The van der Waals surface area contributed by atoms with E-state index in [1.165, 1.54) is 11.9 Å². The van der Waals surface area contributed by atoms with Crippen LogP contribution in [0.3, 0.4) is 0 Å². The van der Waals surface area contributed by atoms with Crippen molar-refractivity contribution >= 4 is 12.1 Å². The maximum atomic E-state index is 13.4. The standard InChI is InChI=1S/C25H27F6N3O4/c1-33(15-16-11-18(24(26,27)28)13-19(12-16)25(29,30)31)23(37)34-9-7-20(38-22(36)32-8-10-35)14-21(34)17-5-3-2-4-6-17/h2-6,11-13,20-21,35H,7-10,14-15H2,1H3,(H,32,36)/t20-,21-/m1/s1. The minimum atomic E-state index is -5.00. The summed E-state index contributed by atoms with van der Waals surface area (Å²) in [7, 11) is 1.29. The number of amides is 3. The van der Waals surface area contributed by atoms with Gasteiger partial charge in [-0.15, -0.1) is 0 Å². The zero-order valence-corrected chi connectivity index (χ0v) is 20.4. The third-order valence-electron chi connectivity index (χ3n) is 6.03. The number of aliphatic hydroxyl groups is 1. The predicted molar refractivity (Wildman–Crippen MR) is 124 cm³/mol. The van der Waals surface area contributed by atoms with Gasteiger partial charge in [0.05, 0.1) is 23.8 Å². The lowest BCUT2D eigenvalue weighted by atomic mass is 9.93. The Labute approximate surface area is 215 Å². The van der Waals surface area contributed by atoms with Crippen LogP contribution in [0.5, 0.6) is 0 Å². The van der Waals surface area contributed by atoms with Crippen molar-refractivity contribution in [2.24, 2.45) is 0 Å². The fraction of sp³-hybridized carbons (Fsp3) is 0.440. The molecule has 0 radical (unpaired) electrons. The van der Waals surface area contributed by atoms with Gasteiger partial charge in [-0.2, -0.15) is 26.3 Å². The number of urea groups is 1. The first-order valence-corrected chi connectivity index (χ1v) is 11.7. The summed E-state index contributed by atoms with van der Waals surface area (Å²) in [4.78, 5) is 27.8. The molecule has 1 aliphatic heterocycles. The zero-order valence-electron chi connectivity index (χ0n) is 20.4. The Morgan fingerprint density at radius 2 is 1.66 bits per heavy atom. The molecule has 2 aromatic carbocycles. The van der Waals surface area contributed by atoms with Crippen LogP contribution < -0.4 is 5.32 Å². The molecule has 0 saturated carbocycles. The first-order chi connectivity index (χ1) is 17.8. The lowest BCUT2D eigenvalue weighted by Gasteiger charge is -2.41. The van der Waals surface area contributed by atoms with Gasteiger partial charge in [0.2, 0.25) is 0 Å². The number of halogens is 6. The summed E-state index contributed by atoms with van der Waals surface area (Å²) in [5.74, 6) is 0. The van der Waals surface area contributed by atoms with Gasteiger partial charge in [0.15, 0.2) is 0 Å². The summed E-state index contributed by atoms with van der Waals surface area (Å²) in [6.07, 6.45) is -10.8. The number of nitrogens with one attached hydrogen (secondary N) is 1. The number of aliphatic hydroxyl groups excluding tert-OH is 1. The molecule has 38 heavy (non-hydrogen) atoms. The highest BCUT2D eigenvalue weighted by molar-refractivity contribution is 5.75. The Morgan fingerprint density at radius 1 is 1.05 bits per heavy atom. The Balaban J connectivity index is 1.81. The van der Waals surface area contributed by atoms with Crippen LogP contribution >= 0.6 is 0 Å². The van der Waals surface area contributed by atoms with Crippen molar-refractivity contribution in [1.82, 2.24) is 15.1 Å². The van der Waals surface area contributed by atoms with Crippen molar-refractivity contribution in [2.45, 2.75) is 43.9 Å². The third kappa shape index (κ3) is 7.53. The smallest absolute Gasteiger partial charge is 0.416 e. The average Bonchev–Trinajstić information content (AvgIpc) is 2.86. The van der Waals surface area contributed by atoms with E-state index in [4.69, 9.17) is 9.84 Å². The number of nitrogens with zero attached hydrogens (tertiary/aromatic N) is 2. The van der Waals surface area contributed by atoms with E-state index in [9.17, 15) is 35.9 Å². The highest BCUT2D eigenvalue weighted by Crippen LogP contribution is 2.37. The van der Waals surface area contributed by atoms with Crippen molar-refractivity contribution in [2.75, 3.05) is 26.7 Å². The summed E-state index contributed by atoms with van der Waals surface area (Å²) in [5, 5.41) is 11.2. The Morgan fingerprint density at radius 3 is 2.21 bits per heavy atom. The van der Waals surface area contributed by atoms with Crippen LogP contribution in [-0.2, 0) is 23.6 Å². The lowest BCUT2D eigenvalue weighted by Crippen LogP contribution is -2.48. The normalized spacial score (nSPS) is 18.2. The van der Waals surface area contributed by atoms with Crippen molar-refractivity contribution < 1.29 is 45.8 Å². The molecule has 1 aliphatic rings. The van der Waals surface area contributed by atoms with Crippen LogP contribution in [0.25, 0.3) is 0 Å². The van der Waals surface area contributed by atoms with Gasteiger partial charge in [0, 0.05) is 39.5 Å². The average molecular weight is 547 g/mol. The molecule has 13 heteroatoms. The number of piperidine rings is 1. The number of carbonyl (C=O) groups is 2. The molecule has 2 aromatic rings. The minimum absolute atomic E-state index is 0.00860. The molecule has 0 unspecified atom stereocenters. The molecular weight excluding hydrogens is 520 g/mol. The molecule has 0 aliphatic carbocycles. The molecule has 3 amide bonds. The minimum Gasteiger partial charge on any atom is -0.446 e. The van der Waals surface area contributed by atoms with Crippen LogP contribution in [0.1, 0.15) is 41.1 Å². The maximum Gasteiger partial charge on any atom is 0.416 e. The zero-order chi connectivity index (χ0) is 28.1. The van der Waals surface area contributed by atoms with Gasteiger partial charge in [-0.3, -0.25) is 0 Å². The summed E-state index contributed by atoms with van der Waals surface area (Å²) >= 11 is 0. The molecule has 0 bridgehead atoms. The van der Waals surface area contributed by atoms with Crippen molar-refractivity contribution in [3.05, 3.63) is 70.8 Å². The van der Waals surface area contributed by atoms with Gasteiger partial charge in [-0.1, -0.05) is 30.3 Å². The van der Waals surface area contributed by atoms with E-state index in [0.717, 1.165) is 10.5 Å². The quantitative estimate of drug-likeness (QED) is 0.488. The highest BCUT2D eigenvalue weighted by Gasteiger charge is 2.38. The van der Waals surface area contributed by atoms with Gasteiger partial charge < -0.3 is 25.0 Å². The van der Waals surface area contributed by atoms with E-state index >= 15 is 0 Å². The molecule has 0 aromatic heterocycles. The van der Waals surface area contributed by atoms with Crippen LogP contribution in [0.4, 0.5) is 35.9 Å². The van der Waals surface area contributed by atoms with Crippen LogP contribution in [0, 0.1) is 0 Å². The highest BCUT2D eigenvalue weighted by atomic mass is 19.4. The Bertz CT molecular complexity index is 1080. The number of benzene rings is 2. The summed E-state index contributed by atoms with van der Waals surface area (Å²) in [5.41, 5.74) is -2.51. The number of hydrogen-bond donors (Lipinski definition) is 2. The second-order valence-electron chi connectivity index (χ2n) is 8.87. The second kappa shape index (κ2) is 11.9. The Hall–Kier alpha value is -3.48. The molecule has 1 saturated heterocycles. The molecule has 0 spiro atoms. The third-order valence-corrected chi connectivity index (χ3v) is 6.03. The molecule has 2 atom stereocenters. The van der Waals surface area contributed by atoms with Gasteiger partial charge in [-0.25, -0.2) is 9.59 Å². The van der Waals surface area contributed by atoms with Crippen LogP contribution in [0.2, 0.25) is 0 Å². The molecule has 1 heterocycles. The monoisotopic (exact) mass is 547 g/mol. The lowest BCUT2D eigenvalue weighted by molar-refractivity contribution is -0.143. The Kier molecular flexibility index (Phi) is 9.13. The number of carbonyl (C=O) groups excluding carboxylic acids is 2. The van der Waals surface area contributed by atoms with Crippen LogP contribution in [0.15, 0.2) is 48.5 Å². The summed E-state index contributed by atoms with van der Waals surface area (Å²) in [6, 6.07) is 8.87. The van der Waals surface area contributed by atoms with E-state index in [2.05, 4.69) is 5.32 Å². The van der Waals surface area contributed by atoms with Crippen molar-refractivity contribution in [3.63, 3.8) is 0 Å². The number of likely N-dealkylation sites (tertiary alicyclic amines) is 1. The summed E-state index contributed by atoms with van der Waals surface area (Å²) in [6.45, 7) is -0.629. The fourth-order valence-corrected chi connectivity index (χ4v) is 4.28. The van der Waals surface area contributed by atoms with E-state index < -0.39 is 54.3 Å². The first-order valence-electron chi connectivity index (χ1n) is 11.7. The number of ether oxygens (including phenoxy) is 1. The van der Waals surface area contributed by atoms with Crippen molar-refractivity contribution in [1.29, 1.82) is 0 Å². The molecule has 3 rings (SSSR count). The molecule has 208 valence electrons. The van der Waals surface area contributed by atoms with E-state index in [-0.39, 0.29) is 44.2 Å². The van der Waals surface area contributed by atoms with Gasteiger partial charge in [0.25, 0.3) is 0 Å². The van der Waals surface area contributed by atoms with E-state index in [1.54, 1.807) is 30.3 Å². The molecular formula is C25H27F6N3O4. The van der Waals surface area contributed by atoms with E-state index in [1.807, 2.05) is 0 Å². The first kappa shape index (κ1) is 29.1. The fourth-order valence-electron chi connectivity index (χ4n) is 4.28. The van der Waals surface area contributed by atoms with Crippen LogP contribution in [-0.4, -0.2) is 59.9 Å². The number of hydrogen-bond acceptors (Lipinski definition) is 4. The number of alkyl halides is 6. The van der Waals surface area contributed by atoms with Gasteiger partial charge >= 0.3 is 24.5 Å². The number of rotatable bonds is 6. The van der Waals surface area contributed by atoms with Gasteiger partial charge in [0.1, 0.15) is 6.10 Å². The topological polar surface area (TPSA) is 82.1 Å². The van der Waals surface area contributed by atoms with E-state index in [0.29, 0.717) is 12.1 Å². The second-order valence-corrected chi connectivity index (χ2v) is 8.87. The number of alkyl carbamates (subject to hydrolysis) is 1. The largest absolute Gasteiger partial charge is 0.446 e. The van der Waals surface area contributed by atoms with Gasteiger partial charge in [-0.05, 0) is 29.3 Å².